The van der Waals surface area contributed by atoms with Crippen LogP contribution in [-0.4, -0.2) is 31.7 Å². The highest BCUT2D eigenvalue weighted by molar-refractivity contribution is 7.99. The third-order valence-electron chi connectivity index (χ3n) is 6.33. The highest BCUT2D eigenvalue weighted by Crippen LogP contribution is 2.46. The van der Waals surface area contributed by atoms with Crippen molar-refractivity contribution in [1.82, 2.24) is 0 Å². The zero-order chi connectivity index (χ0) is 22.1. The average Bonchev–Trinajstić information content (AvgIpc) is 2.75. The van der Waals surface area contributed by atoms with Gasteiger partial charge in [0.25, 0.3) is 0 Å². The quantitative estimate of drug-likeness (QED) is 0.207. The summed E-state index contributed by atoms with van der Waals surface area (Å²) < 4.78 is 1.10. The Balaban J connectivity index is 0.00000363. The SMILES string of the molecule is CCCCCCCCCC[N+](C)(C)CC/C=C1/c2ccccc2Sc2ccc(Cl)cc21.[Br-]. The van der Waals surface area contributed by atoms with Gasteiger partial charge in [-0.3, -0.25) is 0 Å². The van der Waals surface area contributed by atoms with E-state index in [1.807, 2.05) is 17.8 Å². The lowest BCUT2D eigenvalue weighted by Crippen LogP contribution is -3.00. The lowest BCUT2D eigenvalue weighted by Gasteiger charge is -2.30. The van der Waals surface area contributed by atoms with Crippen molar-refractivity contribution in [2.45, 2.75) is 74.5 Å². The summed E-state index contributed by atoms with van der Waals surface area (Å²) in [5.41, 5.74) is 3.97. The second-order valence-corrected chi connectivity index (χ2v) is 11.0. The molecule has 2 aromatic rings. The third-order valence-corrected chi connectivity index (χ3v) is 7.72. The van der Waals surface area contributed by atoms with Crippen LogP contribution in [-0.2, 0) is 0 Å². The Kier molecular flexibility index (Phi) is 11.9. The normalized spacial score (nSPS) is 14.1. The molecule has 0 saturated carbocycles. The molecule has 0 aromatic heterocycles. The molecule has 1 aliphatic heterocycles. The maximum Gasteiger partial charge on any atom is 0.0817 e. The molecule has 0 radical (unpaired) electrons. The van der Waals surface area contributed by atoms with Gasteiger partial charge in [0.1, 0.15) is 0 Å². The van der Waals surface area contributed by atoms with Gasteiger partial charge in [-0.05, 0) is 53.8 Å². The van der Waals surface area contributed by atoms with Gasteiger partial charge in [0.15, 0.2) is 0 Å². The van der Waals surface area contributed by atoms with Gasteiger partial charge < -0.3 is 21.5 Å². The minimum absolute atomic E-state index is 0. The van der Waals surface area contributed by atoms with Crippen LogP contribution in [0.5, 0.6) is 0 Å². The van der Waals surface area contributed by atoms with Gasteiger partial charge in [-0.25, -0.2) is 0 Å². The topological polar surface area (TPSA) is 0 Å². The molecule has 0 N–H and O–H groups in total. The Morgan fingerprint density at radius 1 is 0.812 bits per heavy atom. The van der Waals surface area contributed by atoms with E-state index in [0.717, 1.165) is 15.9 Å². The molecule has 0 fully saturated rings. The molecule has 3 rings (SSSR count). The molecule has 0 aliphatic carbocycles. The summed E-state index contributed by atoms with van der Waals surface area (Å²) in [6, 6.07) is 15.1. The van der Waals surface area contributed by atoms with Gasteiger partial charge in [0, 0.05) is 21.2 Å². The minimum atomic E-state index is 0. The average molecular weight is 537 g/mol. The van der Waals surface area contributed by atoms with Crippen LogP contribution in [0.1, 0.15) is 75.8 Å². The molecule has 4 heteroatoms. The van der Waals surface area contributed by atoms with Crippen molar-refractivity contribution >= 4 is 28.9 Å². The number of rotatable bonds is 12. The van der Waals surface area contributed by atoms with Gasteiger partial charge in [-0.15, -0.1) is 0 Å². The van der Waals surface area contributed by atoms with Crippen molar-refractivity contribution < 1.29 is 21.5 Å². The molecule has 0 amide bonds. The van der Waals surface area contributed by atoms with E-state index in [1.54, 1.807) is 0 Å². The first-order valence-corrected chi connectivity index (χ1v) is 13.3. The highest BCUT2D eigenvalue weighted by atomic mass is 79.9. The van der Waals surface area contributed by atoms with E-state index < -0.39 is 0 Å². The number of unbranched alkanes of at least 4 members (excludes halogenated alkanes) is 7. The maximum absolute atomic E-state index is 6.35. The molecule has 0 atom stereocenters. The van der Waals surface area contributed by atoms with Crippen LogP contribution in [0.25, 0.3) is 5.57 Å². The van der Waals surface area contributed by atoms with Crippen LogP contribution >= 0.6 is 23.4 Å². The van der Waals surface area contributed by atoms with Gasteiger partial charge in [0.2, 0.25) is 0 Å². The van der Waals surface area contributed by atoms with Gasteiger partial charge >= 0.3 is 0 Å². The molecular formula is C28H39BrClNS. The van der Waals surface area contributed by atoms with Crippen LogP contribution in [0.2, 0.25) is 5.02 Å². The van der Waals surface area contributed by atoms with Crippen LogP contribution in [0, 0.1) is 0 Å². The summed E-state index contributed by atoms with van der Waals surface area (Å²) in [5, 5.41) is 0.815. The van der Waals surface area contributed by atoms with E-state index in [4.69, 9.17) is 11.6 Å². The number of hydrogen-bond acceptors (Lipinski definition) is 1. The zero-order valence-corrected chi connectivity index (χ0v) is 23.2. The smallest absolute Gasteiger partial charge is 0.0817 e. The fourth-order valence-electron chi connectivity index (χ4n) is 4.41. The van der Waals surface area contributed by atoms with E-state index in [-0.39, 0.29) is 17.0 Å². The number of hydrogen-bond donors (Lipinski definition) is 0. The largest absolute Gasteiger partial charge is 1.00 e. The lowest BCUT2D eigenvalue weighted by atomic mass is 9.96. The molecule has 0 bridgehead atoms. The number of benzene rings is 2. The molecule has 1 aliphatic rings. The standard InChI is InChI=1S/C28H39ClNS.BrH/c1-4-5-6-7-8-9-10-13-20-30(2,3)21-14-16-24-25-15-11-12-17-27(25)31-28-19-18-23(29)22-26(24)28;/h11-12,15-19,22H,4-10,13-14,20-21H2,1-3H3;1H/q+1;/p-1/b24-16-;. The van der Waals surface area contributed by atoms with Gasteiger partial charge in [-0.1, -0.05) is 93.1 Å². The lowest BCUT2D eigenvalue weighted by molar-refractivity contribution is -0.890. The Morgan fingerprint density at radius 3 is 2.22 bits per heavy atom. The van der Waals surface area contributed by atoms with Crippen molar-refractivity contribution in [3.63, 3.8) is 0 Å². The summed E-state index contributed by atoms with van der Waals surface area (Å²) in [5.74, 6) is 0. The molecule has 176 valence electrons. The van der Waals surface area contributed by atoms with Crippen molar-refractivity contribution in [1.29, 1.82) is 0 Å². The second kappa shape index (κ2) is 13.8. The van der Waals surface area contributed by atoms with E-state index >= 15 is 0 Å². The predicted molar refractivity (Wildman–Crippen MR) is 138 cm³/mol. The number of halogens is 2. The summed E-state index contributed by atoms with van der Waals surface area (Å²) in [7, 11) is 4.77. The molecule has 0 unspecified atom stereocenters. The first-order chi connectivity index (χ1) is 15.0. The third kappa shape index (κ3) is 8.24. The number of fused-ring (bicyclic) bond motifs is 2. The van der Waals surface area contributed by atoms with Crippen molar-refractivity contribution in [3.05, 3.63) is 64.7 Å². The van der Waals surface area contributed by atoms with Gasteiger partial charge in [-0.2, -0.15) is 0 Å². The number of nitrogens with zero attached hydrogens (tertiary/aromatic N) is 1. The van der Waals surface area contributed by atoms with Crippen molar-refractivity contribution in [2.75, 3.05) is 27.2 Å². The Hall–Kier alpha value is -0.740. The minimum Gasteiger partial charge on any atom is -1.00 e. The summed E-state index contributed by atoms with van der Waals surface area (Å²) >= 11 is 8.21. The second-order valence-electron chi connectivity index (χ2n) is 9.50. The van der Waals surface area contributed by atoms with Crippen LogP contribution < -0.4 is 17.0 Å². The Labute approximate surface area is 216 Å². The van der Waals surface area contributed by atoms with Gasteiger partial charge in [0.05, 0.1) is 27.2 Å². The molecule has 1 heterocycles. The maximum atomic E-state index is 6.35. The molecule has 32 heavy (non-hydrogen) atoms. The number of quaternary nitrogens is 1. The summed E-state index contributed by atoms with van der Waals surface area (Å²) in [6.45, 7) is 4.73. The summed E-state index contributed by atoms with van der Waals surface area (Å²) in [4.78, 5) is 2.65. The first-order valence-electron chi connectivity index (χ1n) is 12.1. The van der Waals surface area contributed by atoms with Crippen LogP contribution in [0.15, 0.2) is 58.3 Å². The van der Waals surface area contributed by atoms with Crippen LogP contribution in [0.3, 0.4) is 0 Å². The fourth-order valence-corrected chi connectivity index (χ4v) is 5.67. The molecule has 0 saturated heterocycles. The fraction of sp³-hybridized carbons (Fsp3) is 0.500. The monoisotopic (exact) mass is 535 g/mol. The van der Waals surface area contributed by atoms with E-state index in [0.29, 0.717) is 0 Å². The Morgan fingerprint density at radius 2 is 1.47 bits per heavy atom. The summed E-state index contributed by atoms with van der Waals surface area (Å²) in [6.07, 6.45) is 14.7. The van der Waals surface area contributed by atoms with E-state index in [1.165, 1.54) is 90.9 Å². The van der Waals surface area contributed by atoms with Crippen molar-refractivity contribution in [2.24, 2.45) is 0 Å². The van der Waals surface area contributed by atoms with E-state index in [9.17, 15) is 0 Å². The molecule has 1 nitrogen and oxygen atoms in total. The molecular weight excluding hydrogens is 498 g/mol. The van der Waals surface area contributed by atoms with Crippen LogP contribution in [0.4, 0.5) is 0 Å². The zero-order valence-electron chi connectivity index (χ0n) is 20.0. The predicted octanol–water partition coefficient (Wildman–Crippen LogP) is 5.85. The van der Waals surface area contributed by atoms with Crippen molar-refractivity contribution in [3.8, 4) is 0 Å². The first kappa shape index (κ1) is 27.5. The highest BCUT2D eigenvalue weighted by Gasteiger charge is 2.21. The molecule has 2 aromatic carbocycles. The van der Waals surface area contributed by atoms with E-state index in [2.05, 4.69) is 63.5 Å². The Bertz CT molecular complexity index is 877. The molecule has 0 spiro atoms.